The number of carbonyl (C=O) groups is 1. The van der Waals surface area contributed by atoms with Crippen molar-refractivity contribution < 1.29 is 31.1 Å². The summed E-state index contributed by atoms with van der Waals surface area (Å²) in [6.45, 7) is 1.55. The summed E-state index contributed by atoms with van der Waals surface area (Å²) in [5.41, 5.74) is 1.24. The fraction of sp³-hybridized carbons (Fsp3) is 0.208. The monoisotopic (exact) mass is 490 g/mol. The third kappa shape index (κ3) is 4.86. The van der Waals surface area contributed by atoms with Crippen LogP contribution in [0.15, 0.2) is 71.6 Å². The lowest BCUT2D eigenvalue weighted by Gasteiger charge is -2.20. The number of fused-ring (bicyclic) bond motifs is 1. The molecule has 4 rings (SSSR count). The van der Waals surface area contributed by atoms with Crippen LogP contribution in [0.5, 0.6) is 5.75 Å². The van der Waals surface area contributed by atoms with Gasteiger partial charge in [-0.25, -0.2) is 8.42 Å². The molecule has 0 fully saturated rings. The quantitative estimate of drug-likeness (QED) is 0.540. The van der Waals surface area contributed by atoms with Crippen LogP contribution in [0.4, 0.5) is 24.5 Å². The molecule has 1 aliphatic rings. The lowest BCUT2D eigenvalue weighted by molar-refractivity contribution is -0.137. The number of hydrogen-bond donors (Lipinski definition) is 1. The molecule has 0 aliphatic carbocycles. The Morgan fingerprint density at radius 1 is 1.06 bits per heavy atom. The Morgan fingerprint density at radius 3 is 2.56 bits per heavy atom. The minimum atomic E-state index is -4.52. The van der Waals surface area contributed by atoms with Gasteiger partial charge in [0.25, 0.3) is 15.9 Å². The van der Waals surface area contributed by atoms with Crippen LogP contribution in [0.1, 0.15) is 16.7 Å². The van der Waals surface area contributed by atoms with Gasteiger partial charge in [-0.15, -0.1) is 0 Å². The highest BCUT2D eigenvalue weighted by Gasteiger charge is 2.31. The van der Waals surface area contributed by atoms with Gasteiger partial charge in [-0.2, -0.15) is 13.2 Å². The average Bonchev–Trinajstić information content (AvgIpc) is 3.23. The number of carbonyl (C=O) groups excluding carboxylic acids is 1. The van der Waals surface area contributed by atoms with Crippen molar-refractivity contribution in [3.05, 3.63) is 83.4 Å². The molecule has 0 radical (unpaired) electrons. The normalized spacial score (nSPS) is 13.5. The van der Waals surface area contributed by atoms with E-state index in [0.29, 0.717) is 30.0 Å². The Labute approximate surface area is 195 Å². The van der Waals surface area contributed by atoms with Crippen LogP contribution in [0, 0.1) is 6.92 Å². The molecule has 3 aromatic rings. The van der Waals surface area contributed by atoms with Gasteiger partial charge in [0.1, 0.15) is 5.75 Å². The average molecular weight is 491 g/mol. The second-order valence-electron chi connectivity index (χ2n) is 7.80. The van der Waals surface area contributed by atoms with Crippen molar-refractivity contribution in [2.45, 2.75) is 24.4 Å². The van der Waals surface area contributed by atoms with E-state index >= 15 is 0 Å². The standard InChI is InChI=1S/C24H21F3N2O4S/c1-16-13-20(34(31,32)29-12-11-17-5-2-3-8-21(17)29)9-10-22(16)33-15-23(30)28-19-7-4-6-18(14-19)24(25,26)27/h2-10,13-14H,11-12,15H2,1H3,(H,28,30). The summed E-state index contributed by atoms with van der Waals surface area (Å²) in [6, 6.07) is 15.9. The predicted octanol–water partition coefficient (Wildman–Crippen LogP) is 4.78. The predicted molar refractivity (Wildman–Crippen MR) is 121 cm³/mol. The van der Waals surface area contributed by atoms with Crippen LogP contribution in [0.3, 0.4) is 0 Å². The van der Waals surface area contributed by atoms with Crippen LogP contribution in [0.25, 0.3) is 0 Å². The SMILES string of the molecule is Cc1cc(S(=O)(=O)N2CCc3ccccc32)ccc1OCC(=O)Nc1cccc(C(F)(F)F)c1. The van der Waals surface area contributed by atoms with Gasteiger partial charge < -0.3 is 10.1 Å². The number of para-hydroxylation sites is 1. The summed E-state index contributed by atoms with van der Waals surface area (Å²) in [4.78, 5) is 12.3. The Kier molecular flexibility index (Phi) is 6.26. The summed E-state index contributed by atoms with van der Waals surface area (Å²) in [5.74, 6) is -0.357. The first-order chi connectivity index (χ1) is 16.1. The van der Waals surface area contributed by atoms with Gasteiger partial charge >= 0.3 is 6.18 Å². The number of rotatable bonds is 6. The van der Waals surface area contributed by atoms with Crippen molar-refractivity contribution in [2.75, 3.05) is 22.8 Å². The lowest BCUT2D eigenvalue weighted by atomic mass is 10.2. The summed E-state index contributed by atoms with van der Waals surface area (Å²) in [6.07, 6.45) is -3.88. The third-order valence-electron chi connectivity index (χ3n) is 5.41. The number of benzene rings is 3. The van der Waals surface area contributed by atoms with Crippen LogP contribution >= 0.6 is 0 Å². The highest BCUT2D eigenvalue weighted by atomic mass is 32.2. The third-order valence-corrected chi connectivity index (χ3v) is 7.22. The molecule has 3 aromatic carbocycles. The number of nitrogens with one attached hydrogen (secondary N) is 1. The van der Waals surface area contributed by atoms with Crippen molar-refractivity contribution in [2.24, 2.45) is 0 Å². The molecule has 1 aliphatic heterocycles. The van der Waals surface area contributed by atoms with Gasteiger partial charge in [0.15, 0.2) is 6.61 Å². The Balaban J connectivity index is 1.43. The highest BCUT2D eigenvalue weighted by Crippen LogP contribution is 2.34. The molecule has 1 N–H and O–H groups in total. The molecule has 0 atom stereocenters. The number of hydrogen-bond acceptors (Lipinski definition) is 4. The van der Waals surface area contributed by atoms with Gasteiger partial charge in [-0.3, -0.25) is 9.10 Å². The molecule has 0 saturated heterocycles. The first kappa shape index (κ1) is 23.6. The zero-order chi connectivity index (χ0) is 24.5. The van der Waals surface area contributed by atoms with Crippen molar-refractivity contribution in [3.63, 3.8) is 0 Å². The largest absolute Gasteiger partial charge is 0.483 e. The molecule has 0 unspecified atom stereocenters. The van der Waals surface area contributed by atoms with E-state index in [1.807, 2.05) is 12.1 Å². The van der Waals surface area contributed by atoms with Gasteiger partial charge in [-0.1, -0.05) is 24.3 Å². The molecule has 0 bridgehead atoms. The number of anilines is 2. The topological polar surface area (TPSA) is 75.7 Å². The van der Waals surface area contributed by atoms with Gasteiger partial charge in [0.05, 0.1) is 16.1 Å². The molecule has 10 heteroatoms. The highest BCUT2D eigenvalue weighted by molar-refractivity contribution is 7.92. The van der Waals surface area contributed by atoms with Crippen molar-refractivity contribution in [1.29, 1.82) is 0 Å². The van der Waals surface area contributed by atoms with E-state index in [1.54, 1.807) is 19.1 Å². The molecule has 0 spiro atoms. The Hall–Kier alpha value is -3.53. The lowest BCUT2D eigenvalue weighted by Crippen LogP contribution is -2.29. The number of alkyl halides is 3. The summed E-state index contributed by atoms with van der Waals surface area (Å²) >= 11 is 0. The Morgan fingerprint density at radius 2 is 1.82 bits per heavy atom. The van der Waals surface area contributed by atoms with Gasteiger partial charge in [0.2, 0.25) is 0 Å². The molecule has 6 nitrogen and oxygen atoms in total. The summed E-state index contributed by atoms with van der Waals surface area (Å²) < 4.78 is 71.7. The van der Waals surface area contributed by atoms with Gasteiger partial charge in [-0.05, 0) is 66.9 Å². The van der Waals surface area contributed by atoms with E-state index in [-0.39, 0.29) is 10.6 Å². The fourth-order valence-electron chi connectivity index (χ4n) is 3.74. The van der Waals surface area contributed by atoms with Gasteiger partial charge in [0, 0.05) is 12.2 Å². The second-order valence-corrected chi connectivity index (χ2v) is 9.66. The molecular formula is C24H21F3N2O4S. The molecular weight excluding hydrogens is 469 g/mol. The van der Waals surface area contributed by atoms with Crippen LogP contribution in [-0.2, 0) is 27.4 Å². The van der Waals surface area contributed by atoms with E-state index in [9.17, 15) is 26.4 Å². The first-order valence-corrected chi connectivity index (χ1v) is 11.8. The summed E-state index contributed by atoms with van der Waals surface area (Å²) in [7, 11) is -3.77. The fourth-order valence-corrected chi connectivity index (χ4v) is 5.33. The number of ether oxygens (including phenoxy) is 1. The van der Waals surface area contributed by atoms with Crippen LogP contribution in [-0.4, -0.2) is 27.5 Å². The molecule has 1 amide bonds. The van der Waals surface area contributed by atoms with E-state index in [1.165, 1.54) is 34.6 Å². The smallest absolute Gasteiger partial charge is 0.416 e. The van der Waals surface area contributed by atoms with E-state index in [0.717, 1.165) is 17.7 Å². The number of halogens is 3. The second kappa shape index (κ2) is 9.02. The zero-order valence-electron chi connectivity index (χ0n) is 18.1. The number of aryl methyl sites for hydroxylation is 1. The molecule has 178 valence electrons. The number of nitrogens with zero attached hydrogens (tertiary/aromatic N) is 1. The molecule has 0 aromatic heterocycles. The van der Waals surface area contributed by atoms with Crippen molar-refractivity contribution >= 4 is 27.3 Å². The maximum atomic E-state index is 13.2. The van der Waals surface area contributed by atoms with E-state index in [4.69, 9.17) is 4.74 Å². The maximum Gasteiger partial charge on any atom is 0.416 e. The summed E-state index contributed by atoms with van der Waals surface area (Å²) in [5, 5.41) is 2.36. The molecule has 0 saturated carbocycles. The molecule has 1 heterocycles. The Bertz CT molecular complexity index is 1340. The van der Waals surface area contributed by atoms with E-state index in [2.05, 4.69) is 5.32 Å². The van der Waals surface area contributed by atoms with Crippen molar-refractivity contribution in [1.82, 2.24) is 0 Å². The number of sulfonamides is 1. The van der Waals surface area contributed by atoms with Crippen LogP contribution in [0.2, 0.25) is 0 Å². The zero-order valence-corrected chi connectivity index (χ0v) is 18.9. The van der Waals surface area contributed by atoms with Crippen molar-refractivity contribution in [3.8, 4) is 5.75 Å². The minimum Gasteiger partial charge on any atom is -0.483 e. The molecule has 34 heavy (non-hydrogen) atoms. The first-order valence-electron chi connectivity index (χ1n) is 10.4. The van der Waals surface area contributed by atoms with Crippen LogP contribution < -0.4 is 14.4 Å². The maximum absolute atomic E-state index is 13.2. The minimum absolute atomic E-state index is 0.00696. The van der Waals surface area contributed by atoms with E-state index < -0.39 is 34.3 Å². The number of amides is 1.